The van der Waals surface area contributed by atoms with Gasteiger partial charge in [-0.05, 0) is 88.3 Å². The van der Waals surface area contributed by atoms with Crippen molar-refractivity contribution in [2.45, 2.75) is 64.2 Å². The second-order valence-electron chi connectivity index (χ2n) is 11.3. The molecule has 0 atom stereocenters. The van der Waals surface area contributed by atoms with Crippen LogP contribution >= 0.6 is 0 Å². The molecule has 2 aromatic rings. The Labute approximate surface area is 236 Å². The Morgan fingerprint density at radius 1 is 0.550 bits per heavy atom. The van der Waals surface area contributed by atoms with E-state index in [0.29, 0.717) is 35.3 Å². The lowest BCUT2D eigenvalue weighted by molar-refractivity contribution is -0.117. The highest BCUT2D eigenvalue weighted by molar-refractivity contribution is 6.29. The van der Waals surface area contributed by atoms with E-state index in [4.69, 9.17) is 0 Å². The van der Waals surface area contributed by atoms with Crippen molar-refractivity contribution in [2.24, 2.45) is 0 Å². The van der Waals surface area contributed by atoms with Crippen molar-refractivity contribution in [3.63, 3.8) is 0 Å². The first kappa shape index (κ1) is 28.2. The normalized spacial score (nSPS) is 18.3. The van der Waals surface area contributed by atoms with E-state index < -0.39 is 0 Å². The second-order valence-corrected chi connectivity index (χ2v) is 11.3. The number of benzene rings is 2. The number of hydrogen-bond donors (Lipinski definition) is 2. The summed E-state index contributed by atoms with van der Waals surface area (Å²) in [5.74, 6) is -0.723. The highest BCUT2D eigenvalue weighted by atomic mass is 16.2. The zero-order valence-electron chi connectivity index (χ0n) is 23.3. The van der Waals surface area contributed by atoms with Gasteiger partial charge < -0.3 is 20.4 Å². The average molecular weight is 545 g/mol. The van der Waals surface area contributed by atoms with Gasteiger partial charge in [-0.2, -0.15) is 0 Å². The molecule has 40 heavy (non-hydrogen) atoms. The molecular formula is C32H40N4O4. The molecule has 2 aliphatic heterocycles. The van der Waals surface area contributed by atoms with Gasteiger partial charge in [0, 0.05) is 59.6 Å². The second kappa shape index (κ2) is 13.3. The number of nitrogens with one attached hydrogen (secondary N) is 2. The van der Waals surface area contributed by atoms with Gasteiger partial charge in [0.15, 0.2) is 11.6 Å². The molecule has 0 saturated carbocycles. The van der Waals surface area contributed by atoms with Crippen LogP contribution in [-0.4, -0.2) is 72.4 Å². The number of fused-ring (bicyclic) bond motifs is 2. The van der Waals surface area contributed by atoms with Gasteiger partial charge in [-0.15, -0.1) is 0 Å². The molecule has 2 heterocycles. The van der Waals surface area contributed by atoms with Crippen LogP contribution in [0, 0.1) is 0 Å². The summed E-state index contributed by atoms with van der Waals surface area (Å²) in [6.45, 7) is 5.58. The van der Waals surface area contributed by atoms with Gasteiger partial charge >= 0.3 is 0 Å². The molecule has 212 valence electrons. The third-order valence-electron chi connectivity index (χ3n) is 8.29. The van der Waals surface area contributed by atoms with Crippen molar-refractivity contribution in [1.82, 2.24) is 9.80 Å². The molecule has 1 aliphatic carbocycles. The van der Waals surface area contributed by atoms with E-state index in [2.05, 4.69) is 20.4 Å². The van der Waals surface area contributed by atoms with Crippen LogP contribution in [-0.2, 0) is 9.59 Å². The van der Waals surface area contributed by atoms with Gasteiger partial charge in [0.1, 0.15) is 0 Å². The van der Waals surface area contributed by atoms with Gasteiger partial charge in [-0.25, -0.2) is 0 Å². The Kier molecular flexibility index (Phi) is 9.39. The highest BCUT2D eigenvalue weighted by Crippen LogP contribution is 2.31. The summed E-state index contributed by atoms with van der Waals surface area (Å²) < 4.78 is 0. The third-order valence-corrected chi connectivity index (χ3v) is 8.29. The number of amides is 2. The maximum atomic E-state index is 13.3. The Balaban J connectivity index is 1.19. The number of carbonyl (C=O) groups excluding carboxylic acids is 4. The number of nitrogens with zero attached hydrogens (tertiary/aromatic N) is 2. The van der Waals surface area contributed by atoms with Crippen LogP contribution in [0.25, 0.3) is 0 Å². The van der Waals surface area contributed by atoms with Gasteiger partial charge in [0.25, 0.3) is 0 Å². The van der Waals surface area contributed by atoms with Crippen LogP contribution in [0.5, 0.6) is 0 Å². The molecular weight excluding hydrogens is 504 g/mol. The predicted molar refractivity (Wildman–Crippen MR) is 156 cm³/mol. The minimum Gasteiger partial charge on any atom is -0.326 e. The first-order valence-corrected chi connectivity index (χ1v) is 14.9. The molecule has 3 aliphatic rings. The molecule has 0 radical (unpaired) electrons. The van der Waals surface area contributed by atoms with E-state index in [9.17, 15) is 19.2 Å². The van der Waals surface area contributed by atoms with Gasteiger partial charge in [0.05, 0.1) is 0 Å². The average Bonchev–Trinajstić information content (AvgIpc) is 3.39. The molecule has 8 nitrogen and oxygen atoms in total. The minimum absolute atomic E-state index is 0.101. The Hall–Kier alpha value is -3.36. The number of rotatable bonds is 8. The van der Waals surface area contributed by atoms with E-state index in [-0.39, 0.29) is 34.5 Å². The lowest BCUT2D eigenvalue weighted by Crippen LogP contribution is -2.29. The fourth-order valence-electron chi connectivity index (χ4n) is 5.99. The van der Waals surface area contributed by atoms with Crippen molar-refractivity contribution in [2.75, 3.05) is 49.9 Å². The summed E-state index contributed by atoms with van der Waals surface area (Å²) in [7, 11) is 0. The van der Waals surface area contributed by atoms with Crippen LogP contribution in [0.3, 0.4) is 0 Å². The van der Waals surface area contributed by atoms with Crippen molar-refractivity contribution >= 4 is 34.8 Å². The quantitative estimate of drug-likeness (QED) is 0.420. The first-order chi connectivity index (χ1) is 19.5. The smallest absolute Gasteiger partial charge is 0.225 e. The molecule has 5 rings (SSSR count). The van der Waals surface area contributed by atoms with Crippen LogP contribution in [0.1, 0.15) is 96.1 Å². The molecule has 8 heteroatoms. The lowest BCUT2D eigenvalue weighted by atomic mass is 9.83. The molecule has 0 spiro atoms. The van der Waals surface area contributed by atoms with E-state index in [1.807, 2.05) is 0 Å². The maximum Gasteiger partial charge on any atom is 0.225 e. The van der Waals surface area contributed by atoms with Crippen molar-refractivity contribution in [3.05, 3.63) is 58.7 Å². The molecule has 0 unspecified atom stereocenters. The summed E-state index contributed by atoms with van der Waals surface area (Å²) in [5, 5.41) is 5.79. The summed E-state index contributed by atoms with van der Waals surface area (Å²) >= 11 is 0. The Bertz CT molecular complexity index is 1160. The van der Waals surface area contributed by atoms with Gasteiger partial charge in [-0.3, -0.25) is 19.2 Å². The van der Waals surface area contributed by atoms with Crippen LogP contribution in [0.15, 0.2) is 36.4 Å². The first-order valence-electron chi connectivity index (χ1n) is 14.9. The van der Waals surface area contributed by atoms with Crippen LogP contribution < -0.4 is 10.6 Å². The standard InChI is InChI=1S/C32H40N4O4/c37-29(13-19-35-15-5-1-2-6-16-35)33-23-9-11-25-27(21-23)31(39)26-12-10-24(22-28(26)32(25)40)34-30(38)14-20-36-17-7-3-4-8-18-36/h9-12,21-22H,1-8,13-20H2,(H,33,37)(H,34,38). The van der Waals surface area contributed by atoms with Crippen molar-refractivity contribution in [3.8, 4) is 0 Å². The molecule has 0 aromatic heterocycles. The molecule has 2 aromatic carbocycles. The van der Waals surface area contributed by atoms with Crippen molar-refractivity contribution in [1.29, 1.82) is 0 Å². The van der Waals surface area contributed by atoms with Gasteiger partial charge in [0.2, 0.25) is 11.8 Å². The number of hydrogen-bond acceptors (Lipinski definition) is 6. The van der Waals surface area contributed by atoms with Crippen LogP contribution in [0.2, 0.25) is 0 Å². The number of carbonyl (C=O) groups is 4. The van der Waals surface area contributed by atoms with Crippen molar-refractivity contribution < 1.29 is 19.2 Å². The zero-order chi connectivity index (χ0) is 27.9. The van der Waals surface area contributed by atoms with E-state index in [1.165, 1.54) is 51.4 Å². The van der Waals surface area contributed by atoms with Crippen LogP contribution in [0.4, 0.5) is 11.4 Å². The molecule has 2 fully saturated rings. The molecule has 2 N–H and O–H groups in total. The fraction of sp³-hybridized carbons (Fsp3) is 0.500. The highest BCUT2D eigenvalue weighted by Gasteiger charge is 2.30. The van der Waals surface area contributed by atoms with E-state index >= 15 is 0 Å². The topological polar surface area (TPSA) is 98.8 Å². The van der Waals surface area contributed by atoms with E-state index in [1.54, 1.807) is 36.4 Å². The molecule has 0 bridgehead atoms. The molecule has 2 amide bonds. The minimum atomic E-state index is -0.260. The third kappa shape index (κ3) is 7.04. The SMILES string of the molecule is O=C(CCN1CCCCCC1)Nc1ccc2c(c1)C(=O)c1ccc(NC(=O)CCN3CCCCCC3)cc1C2=O. The summed E-state index contributed by atoms with van der Waals surface area (Å²) in [5.41, 5.74) is 2.22. The monoisotopic (exact) mass is 544 g/mol. The van der Waals surface area contributed by atoms with E-state index in [0.717, 1.165) is 39.3 Å². The number of likely N-dealkylation sites (tertiary alicyclic amines) is 2. The maximum absolute atomic E-state index is 13.3. The molecule has 2 saturated heterocycles. The summed E-state index contributed by atoms with van der Waals surface area (Å²) in [6.07, 6.45) is 10.5. The number of anilines is 2. The van der Waals surface area contributed by atoms with Gasteiger partial charge in [-0.1, -0.05) is 25.7 Å². The zero-order valence-corrected chi connectivity index (χ0v) is 23.3. The summed E-state index contributed by atoms with van der Waals surface area (Å²) in [6, 6.07) is 9.76. The fourth-order valence-corrected chi connectivity index (χ4v) is 5.99. The number of ketones is 2. The Morgan fingerprint density at radius 2 is 0.925 bits per heavy atom. The Morgan fingerprint density at radius 3 is 1.30 bits per heavy atom. The largest absolute Gasteiger partial charge is 0.326 e. The lowest BCUT2D eigenvalue weighted by Gasteiger charge is -2.21. The summed E-state index contributed by atoms with van der Waals surface area (Å²) in [4.78, 5) is 56.5. The predicted octanol–water partition coefficient (Wildman–Crippen LogP) is 4.87.